The lowest BCUT2D eigenvalue weighted by molar-refractivity contribution is -0.132. The van der Waals surface area contributed by atoms with Crippen LogP contribution < -0.4 is 0 Å². The molecule has 0 spiro atoms. The number of carbonyl (C=O) groups is 1. The molecule has 22 heavy (non-hydrogen) atoms. The van der Waals surface area contributed by atoms with E-state index in [-0.39, 0.29) is 5.57 Å². The van der Waals surface area contributed by atoms with Crippen LogP contribution in [-0.4, -0.2) is 29.1 Å². The predicted octanol–water partition coefficient (Wildman–Crippen LogP) is 3.38. The monoisotopic (exact) mass is 291 g/mol. The van der Waals surface area contributed by atoms with Crippen LogP contribution in [0, 0.1) is 0 Å². The first-order valence-electron chi connectivity index (χ1n) is 7.39. The normalized spacial score (nSPS) is 17.1. The standard InChI is InChI=1S/C19H17NO2/c21-19(22)17-6-8-18(9-7-17)20-12-10-16(11-13-20)14-15-4-2-1-3-5-15/h1-6,8,14H,10-13H2,(H,21,22). The summed E-state index contributed by atoms with van der Waals surface area (Å²) in [6, 6.07) is 10.4. The maximum atomic E-state index is 10.8. The summed E-state index contributed by atoms with van der Waals surface area (Å²) in [6.45, 7) is 1.85. The highest BCUT2D eigenvalue weighted by Crippen LogP contribution is 2.23. The minimum Gasteiger partial charge on any atom is -0.477 e. The molecule has 0 aromatic heterocycles. The summed E-state index contributed by atoms with van der Waals surface area (Å²) in [5.74, 6) is -0.963. The Morgan fingerprint density at radius 3 is 2.41 bits per heavy atom. The van der Waals surface area contributed by atoms with Gasteiger partial charge in [-0.05, 0) is 36.3 Å². The highest BCUT2D eigenvalue weighted by atomic mass is 16.4. The smallest absolute Gasteiger partial charge is 0.344 e. The molecule has 110 valence electrons. The van der Waals surface area contributed by atoms with Crippen LogP contribution in [0.3, 0.4) is 0 Å². The van der Waals surface area contributed by atoms with E-state index in [1.807, 2.05) is 12.1 Å². The molecule has 1 N–H and O–H groups in total. The molecule has 2 aliphatic rings. The Morgan fingerprint density at radius 1 is 1.09 bits per heavy atom. The van der Waals surface area contributed by atoms with Crippen molar-refractivity contribution in [2.24, 2.45) is 0 Å². The summed E-state index contributed by atoms with van der Waals surface area (Å²) in [6.07, 6.45) is 7.70. The van der Waals surface area contributed by atoms with Crippen molar-refractivity contribution < 1.29 is 9.90 Å². The highest BCUT2D eigenvalue weighted by Gasteiger charge is 2.16. The maximum Gasteiger partial charge on any atom is 0.344 e. The Balaban J connectivity index is 1.68. The predicted molar refractivity (Wildman–Crippen MR) is 86.1 cm³/mol. The molecule has 1 aliphatic carbocycles. The molecular weight excluding hydrogens is 274 g/mol. The van der Waals surface area contributed by atoms with Crippen LogP contribution in [0.5, 0.6) is 0 Å². The molecule has 0 radical (unpaired) electrons. The number of carboxylic acid groups (broad SMARTS) is 1. The van der Waals surface area contributed by atoms with Crippen molar-refractivity contribution in [1.82, 2.24) is 4.90 Å². The van der Waals surface area contributed by atoms with Crippen LogP contribution in [0.15, 0.2) is 70.8 Å². The van der Waals surface area contributed by atoms with Crippen molar-refractivity contribution >= 4 is 12.0 Å². The molecule has 0 saturated carbocycles. The first-order chi connectivity index (χ1) is 10.7. The maximum absolute atomic E-state index is 10.8. The molecule has 1 aromatic rings. The fraction of sp³-hybridized carbons (Fsp3) is 0.211. The first kappa shape index (κ1) is 14.2. The Labute approximate surface area is 129 Å². The molecule has 0 amide bonds. The van der Waals surface area contributed by atoms with Crippen LogP contribution in [0.4, 0.5) is 0 Å². The fourth-order valence-electron chi connectivity index (χ4n) is 2.65. The third kappa shape index (κ3) is 3.29. The van der Waals surface area contributed by atoms with E-state index in [2.05, 4.69) is 46.7 Å². The van der Waals surface area contributed by atoms with Gasteiger partial charge in [0.1, 0.15) is 5.57 Å². The lowest BCUT2D eigenvalue weighted by atomic mass is 10.00. The van der Waals surface area contributed by atoms with Gasteiger partial charge in [0.15, 0.2) is 0 Å². The highest BCUT2D eigenvalue weighted by molar-refractivity contribution is 5.89. The molecule has 0 unspecified atom stereocenters. The quantitative estimate of drug-likeness (QED) is 0.868. The number of aliphatic carboxylic acids is 1. The van der Waals surface area contributed by atoms with E-state index in [1.54, 1.807) is 6.08 Å². The number of piperidine rings is 1. The lowest BCUT2D eigenvalue weighted by Gasteiger charge is -2.30. The van der Waals surface area contributed by atoms with Gasteiger partial charge in [-0.25, -0.2) is 4.79 Å². The summed E-state index contributed by atoms with van der Waals surface area (Å²) in [7, 11) is 0. The largest absolute Gasteiger partial charge is 0.477 e. The van der Waals surface area contributed by atoms with Gasteiger partial charge in [0, 0.05) is 13.1 Å². The van der Waals surface area contributed by atoms with Gasteiger partial charge >= 0.3 is 5.97 Å². The number of hydrogen-bond donors (Lipinski definition) is 1. The van der Waals surface area contributed by atoms with Crippen molar-refractivity contribution in [2.75, 3.05) is 13.1 Å². The number of nitrogens with zero attached hydrogens (tertiary/aromatic N) is 1. The molecule has 1 aromatic carbocycles. The van der Waals surface area contributed by atoms with Crippen LogP contribution >= 0.6 is 0 Å². The van der Waals surface area contributed by atoms with E-state index >= 15 is 0 Å². The molecular formula is C19H17NO2. The average Bonchev–Trinajstić information content (AvgIpc) is 2.57. The summed E-state index contributed by atoms with van der Waals surface area (Å²) in [5, 5.41) is 8.89. The lowest BCUT2D eigenvalue weighted by Crippen LogP contribution is -2.29. The van der Waals surface area contributed by atoms with Crippen molar-refractivity contribution in [3.05, 3.63) is 76.4 Å². The molecule has 0 atom stereocenters. The Kier molecular flexibility index (Phi) is 4.11. The number of benzene rings is 1. The second-order valence-corrected chi connectivity index (χ2v) is 5.39. The zero-order chi connectivity index (χ0) is 15.4. The van der Waals surface area contributed by atoms with Gasteiger partial charge in [0.2, 0.25) is 0 Å². The fourth-order valence-corrected chi connectivity index (χ4v) is 2.65. The molecule has 3 heteroatoms. The number of carboxylic acids is 1. The van der Waals surface area contributed by atoms with Gasteiger partial charge in [-0.2, -0.15) is 0 Å². The minimum absolute atomic E-state index is 0.158. The molecule has 3 nitrogen and oxygen atoms in total. The SMILES string of the molecule is O=C(O)C1=C=C=C(N2CCC(=Cc3ccccc3)CC2)C=C1. The third-order valence-corrected chi connectivity index (χ3v) is 3.88. The number of hydrogen-bond acceptors (Lipinski definition) is 2. The van der Waals surface area contributed by atoms with Gasteiger partial charge in [0.25, 0.3) is 0 Å². The number of likely N-dealkylation sites (tertiary alicyclic amines) is 1. The number of rotatable bonds is 3. The minimum atomic E-state index is -0.963. The molecule has 1 heterocycles. The van der Waals surface area contributed by atoms with E-state index in [0.29, 0.717) is 0 Å². The molecule has 3 rings (SSSR count). The number of allylic oxidation sites excluding steroid dienone is 1. The Hall–Kier alpha value is -2.73. The zero-order valence-electron chi connectivity index (χ0n) is 12.2. The van der Waals surface area contributed by atoms with Crippen LogP contribution in [0.25, 0.3) is 6.08 Å². The van der Waals surface area contributed by atoms with E-state index in [4.69, 9.17) is 5.11 Å². The van der Waals surface area contributed by atoms with Crippen molar-refractivity contribution in [1.29, 1.82) is 0 Å². The van der Waals surface area contributed by atoms with E-state index in [1.165, 1.54) is 11.1 Å². The van der Waals surface area contributed by atoms with Gasteiger partial charge in [-0.15, -0.1) is 0 Å². The van der Waals surface area contributed by atoms with E-state index in [0.717, 1.165) is 31.6 Å². The van der Waals surface area contributed by atoms with Crippen molar-refractivity contribution in [3.8, 4) is 0 Å². The second kappa shape index (κ2) is 6.36. The zero-order valence-corrected chi connectivity index (χ0v) is 12.2. The van der Waals surface area contributed by atoms with Crippen LogP contribution in [0.1, 0.15) is 18.4 Å². The molecule has 1 saturated heterocycles. The average molecular weight is 291 g/mol. The van der Waals surface area contributed by atoms with Crippen molar-refractivity contribution in [2.45, 2.75) is 12.8 Å². The van der Waals surface area contributed by atoms with Crippen LogP contribution in [-0.2, 0) is 4.79 Å². The Morgan fingerprint density at radius 2 is 1.82 bits per heavy atom. The van der Waals surface area contributed by atoms with Gasteiger partial charge in [-0.3, -0.25) is 0 Å². The summed E-state index contributed by atoms with van der Waals surface area (Å²) in [5.41, 5.74) is 9.43. The van der Waals surface area contributed by atoms with E-state index in [9.17, 15) is 4.79 Å². The summed E-state index contributed by atoms with van der Waals surface area (Å²) >= 11 is 0. The third-order valence-electron chi connectivity index (χ3n) is 3.88. The Bertz CT molecular complexity index is 733. The molecule has 0 bridgehead atoms. The van der Waals surface area contributed by atoms with Gasteiger partial charge in [0.05, 0.1) is 5.70 Å². The molecule has 1 fully saturated rings. The van der Waals surface area contributed by atoms with Crippen molar-refractivity contribution in [3.63, 3.8) is 0 Å². The summed E-state index contributed by atoms with van der Waals surface area (Å²) < 4.78 is 0. The summed E-state index contributed by atoms with van der Waals surface area (Å²) in [4.78, 5) is 13.1. The van der Waals surface area contributed by atoms with Gasteiger partial charge < -0.3 is 10.0 Å². The second-order valence-electron chi connectivity index (χ2n) is 5.39. The topological polar surface area (TPSA) is 40.5 Å². The van der Waals surface area contributed by atoms with E-state index < -0.39 is 5.97 Å². The first-order valence-corrected chi connectivity index (χ1v) is 7.39. The van der Waals surface area contributed by atoms with Gasteiger partial charge in [-0.1, -0.05) is 47.7 Å². The molecule has 1 aliphatic heterocycles. The van der Waals surface area contributed by atoms with Crippen LogP contribution in [0.2, 0.25) is 0 Å².